The summed E-state index contributed by atoms with van der Waals surface area (Å²) < 4.78 is 13.5. The molecule has 0 aliphatic carbocycles. The summed E-state index contributed by atoms with van der Waals surface area (Å²) in [7, 11) is 1.71. The van der Waals surface area contributed by atoms with Gasteiger partial charge in [-0.1, -0.05) is 12.1 Å². The highest BCUT2D eigenvalue weighted by Crippen LogP contribution is 2.17. The van der Waals surface area contributed by atoms with Crippen molar-refractivity contribution in [2.45, 2.75) is 25.4 Å². The van der Waals surface area contributed by atoms with Gasteiger partial charge in [0.05, 0.1) is 11.6 Å². The van der Waals surface area contributed by atoms with Gasteiger partial charge in [-0.3, -0.25) is 24.6 Å². The number of aldehydes is 1. The van der Waals surface area contributed by atoms with Gasteiger partial charge in [-0.2, -0.15) is 0 Å². The van der Waals surface area contributed by atoms with Crippen LogP contribution in [0.3, 0.4) is 0 Å². The van der Waals surface area contributed by atoms with E-state index in [1.165, 1.54) is 12.1 Å². The van der Waals surface area contributed by atoms with Crippen LogP contribution in [0.4, 0.5) is 4.39 Å². The summed E-state index contributed by atoms with van der Waals surface area (Å²) in [5.41, 5.74) is 0.527. The molecule has 1 heterocycles. The lowest BCUT2D eigenvalue weighted by atomic mass is 10.0. The lowest BCUT2D eigenvalue weighted by molar-refractivity contribution is -0.137. The molecule has 1 aromatic rings. The first-order valence-electron chi connectivity index (χ1n) is 6.29. The third kappa shape index (κ3) is 2.91. The number of carbonyl (C=O) groups excluding carboxylic acids is 3. The molecule has 1 atom stereocenters. The van der Waals surface area contributed by atoms with Crippen LogP contribution in [0.25, 0.3) is 0 Å². The van der Waals surface area contributed by atoms with Crippen LogP contribution in [-0.2, 0) is 16.1 Å². The van der Waals surface area contributed by atoms with Crippen molar-refractivity contribution in [2.24, 2.45) is 0 Å². The van der Waals surface area contributed by atoms with Crippen molar-refractivity contribution in [1.29, 1.82) is 0 Å². The van der Waals surface area contributed by atoms with Crippen molar-refractivity contribution >= 4 is 18.1 Å². The number of piperidine rings is 1. The predicted molar refractivity (Wildman–Crippen MR) is 69.4 cm³/mol. The largest absolute Gasteiger partial charge is 0.298 e. The number of amides is 2. The Kier molecular flexibility index (Phi) is 4.24. The molecule has 1 aliphatic heterocycles. The second-order valence-electron chi connectivity index (χ2n) is 4.81. The molecule has 1 fully saturated rings. The van der Waals surface area contributed by atoms with Gasteiger partial charge in [-0.25, -0.2) is 4.39 Å². The third-order valence-electron chi connectivity index (χ3n) is 3.42. The summed E-state index contributed by atoms with van der Waals surface area (Å²) in [5, 5.41) is 2.27. The molecule has 106 valence electrons. The fourth-order valence-corrected chi connectivity index (χ4v) is 2.33. The average molecular weight is 278 g/mol. The molecule has 0 spiro atoms. The van der Waals surface area contributed by atoms with E-state index in [-0.39, 0.29) is 30.3 Å². The van der Waals surface area contributed by atoms with E-state index < -0.39 is 11.9 Å². The summed E-state index contributed by atoms with van der Waals surface area (Å²) in [4.78, 5) is 35.5. The van der Waals surface area contributed by atoms with Gasteiger partial charge < -0.3 is 0 Å². The number of benzene rings is 1. The fraction of sp³-hybridized carbons (Fsp3) is 0.357. The van der Waals surface area contributed by atoms with E-state index in [2.05, 4.69) is 5.32 Å². The Balaban J connectivity index is 2.14. The van der Waals surface area contributed by atoms with Crippen LogP contribution >= 0.6 is 0 Å². The Labute approximate surface area is 115 Å². The SMILES string of the molecule is CN(Cc1cccc(F)c1C=O)C1CCC(=O)NC1=O. The minimum atomic E-state index is -0.575. The van der Waals surface area contributed by atoms with Gasteiger partial charge in [0, 0.05) is 13.0 Å². The van der Waals surface area contributed by atoms with Crippen molar-refractivity contribution in [3.8, 4) is 0 Å². The lowest BCUT2D eigenvalue weighted by Crippen LogP contribution is -2.51. The van der Waals surface area contributed by atoms with E-state index in [9.17, 15) is 18.8 Å². The lowest BCUT2D eigenvalue weighted by Gasteiger charge is -2.29. The number of halogens is 1. The number of likely N-dealkylation sites (N-methyl/N-ethyl adjacent to an activating group) is 1. The van der Waals surface area contributed by atoms with E-state index >= 15 is 0 Å². The topological polar surface area (TPSA) is 66.5 Å². The number of rotatable bonds is 4. The molecule has 2 rings (SSSR count). The van der Waals surface area contributed by atoms with Crippen molar-refractivity contribution in [3.63, 3.8) is 0 Å². The maximum absolute atomic E-state index is 13.5. The minimum absolute atomic E-state index is 0.00615. The monoisotopic (exact) mass is 278 g/mol. The average Bonchev–Trinajstić information content (AvgIpc) is 2.38. The van der Waals surface area contributed by atoms with Crippen LogP contribution in [0.15, 0.2) is 18.2 Å². The second kappa shape index (κ2) is 5.92. The minimum Gasteiger partial charge on any atom is -0.298 e. The zero-order valence-corrected chi connectivity index (χ0v) is 11.1. The first kappa shape index (κ1) is 14.3. The summed E-state index contributed by atoms with van der Waals surface area (Å²) in [6, 6.07) is 3.94. The highest BCUT2D eigenvalue weighted by molar-refractivity contribution is 6.00. The van der Waals surface area contributed by atoms with Crippen LogP contribution in [0.1, 0.15) is 28.8 Å². The Morgan fingerprint density at radius 1 is 1.45 bits per heavy atom. The standard InChI is InChI=1S/C14H15FN2O3/c1-17(12-5-6-13(19)16-14(12)20)7-9-3-2-4-11(15)10(9)8-18/h2-4,8,12H,5-7H2,1H3,(H,16,19,20). The van der Waals surface area contributed by atoms with Gasteiger partial charge in [0.2, 0.25) is 11.8 Å². The van der Waals surface area contributed by atoms with Crippen molar-refractivity contribution in [2.75, 3.05) is 7.05 Å². The maximum atomic E-state index is 13.5. The summed E-state index contributed by atoms with van der Waals surface area (Å²) in [6.45, 7) is 0.262. The maximum Gasteiger partial charge on any atom is 0.243 e. The molecule has 5 nitrogen and oxygen atoms in total. The van der Waals surface area contributed by atoms with E-state index in [0.29, 0.717) is 18.3 Å². The number of hydrogen-bond donors (Lipinski definition) is 1. The van der Waals surface area contributed by atoms with Gasteiger partial charge in [0.1, 0.15) is 5.82 Å². The fourth-order valence-electron chi connectivity index (χ4n) is 2.33. The van der Waals surface area contributed by atoms with Crippen LogP contribution < -0.4 is 5.32 Å². The summed E-state index contributed by atoms with van der Waals surface area (Å²) >= 11 is 0. The number of nitrogens with one attached hydrogen (secondary N) is 1. The highest BCUT2D eigenvalue weighted by atomic mass is 19.1. The molecule has 1 saturated heterocycles. The predicted octanol–water partition coefficient (Wildman–Crippen LogP) is 0.875. The molecule has 1 aliphatic rings. The second-order valence-corrected chi connectivity index (χ2v) is 4.81. The molecule has 2 amide bonds. The van der Waals surface area contributed by atoms with Gasteiger partial charge >= 0.3 is 0 Å². The molecule has 1 unspecified atom stereocenters. The first-order valence-corrected chi connectivity index (χ1v) is 6.29. The Bertz CT molecular complexity index is 559. The Hall–Kier alpha value is -2.08. The number of imide groups is 1. The number of hydrogen-bond acceptors (Lipinski definition) is 4. The first-order chi connectivity index (χ1) is 9.52. The zero-order chi connectivity index (χ0) is 14.7. The van der Waals surface area contributed by atoms with Crippen molar-refractivity contribution in [3.05, 3.63) is 35.1 Å². The summed E-state index contributed by atoms with van der Waals surface area (Å²) in [6.07, 6.45) is 1.18. The van der Waals surface area contributed by atoms with Crippen molar-refractivity contribution < 1.29 is 18.8 Å². The molecule has 6 heteroatoms. The summed E-state index contributed by atoms with van der Waals surface area (Å²) in [5.74, 6) is -1.21. The van der Waals surface area contributed by atoms with Gasteiger partial charge in [0.15, 0.2) is 6.29 Å². The smallest absolute Gasteiger partial charge is 0.243 e. The van der Waals surface area contributed by atoms with Crippen molar-refractivity contribution in [1.82, 2.24) is 10.2 Å². The quantitative estimate of drug-likeness (QED) is 0.655. The van der Waals surface area contributed by atoms with Crippen LogP contribution in [-0.4, -0.2) is 36.1 Å². The van der Waals surface area contributed by atoms with Crippen LogP contribution in [0, 0.1) is 5.82 Å². The van der Waals surface area contributed by atoms with E-state index in [0.717, 1.165) is 0 Å². The van der Waals surface area contributed by atoms with Gasteiger partial charge in [-0.15, -0.1) is 0 Å². The van der Waals surface area contributed by atoms with E-state index in [1.807, 2.05) is 0 Å². The zero-order valence-electron chi connectivity index (χ0n) is 11.1. The molecular weight excluding hydrogens is 263 g/mol. The highest BCUT2D eigenvalue weighted by Gasteiger charge is 2.30. The van der Waals surface area contributed by atoms with Crippen LogP contribution in [0.5, 0.6) is 0 Å². The molecule has 20 heavy (non-hydrogen) atoms. The van der Waals surface area contributed by atoms with E-state index in [1.54, 1.807) is 18.0 Å². The Morgan fingerprint density at radius 3 is 2.85 bits per heavy atom. The normalized spacial score (nSPS) is 19.1. The molecule has 1 aromatic carbocycles. The molecule has 0 radical (unpaired) electrons. The molecule has 0 bridgehead atoms. The number of carbonyl (C=O) groups is 3. The molecule has 0 aromatic heterocycles. The van der Waals surface area contributed by atoms with E-state index in [4.69, 9.17) is 0 Å². The third-order valence-corrected chi connectivity index (χ3v) is 3.42. The van der Waals surface area contributed by atoms with Gasteiger partial charge in [-0.05, 0) is 25.1 Å². The molecular formula is C14H15FN2O3. The molecule has 1 N–H and O–H groups in total. The molecule has 0 saturated carbocycles. The van der Waals surface area contributed by atoms with Crippen LogP contribution in [0.2, 0.25) is 0 Å². The Morgan fingerprint density at radius 2 is 2.20 bits per heavy atom. The van der Waals surface area contributed by atoms with Gasteiger partial charge in [0.25, 0.3) is 0 Å². The number of nitrogens with zero attached hydrogens (tertiary/aromatic N) is 1.